The number of rotatable bonds is 3. The van der Waals surface area contributed by atoms with Crippen LogP contribution in [0.3, 0.4) is 0 Å². The lowest BCUT2D eigenvalue weighted by molar-refractivity contribution is 0.0624. The van der Waals surface area contributed by atoms with Crippen LogP contribution in [-0.2, 0) is 13.6 Å². The summed E-state index contributed by atoms with van der Waals surface area (Å²) in [4.78, 5) is 22.1. The van der Waals surface area contributed by atoms with E-state index in [-0.39, 0.29) is 5.91 Å². The predicted molar refractivity (Wildman–Crippen MR) is 116 cm³/mol. The number of benzene rings is 3. The second kappa shape index (κ2) is 7.33. The highest BCUT2D eigenvalue weighted by atomic mass is 16.2. The maximum atomic E-state index is 13.0. The third kappa shape index (κ3) is 3.38. The summed E-state index contributed by atoms with van der Waals surface area (Å²) in [6, 6.07) is 22.4. The molecule has 5 nitrogen and oxygen atoms in total. The van der Waals surface area contributed by atoms with Gasteiger partial charge in [-0.25, -0.2) is 4.98 Å². The van der Waals surface area contributed by atoms with Gasteiger partial charge in [0.25, 0.3) is 5.91 Å². The van der Waals surface area contributed by atoms with Crippen LogP contribution >= 0.6 is 0 Å². The zero-order valence-electron chi connectivity index (χ0n) is 16.6. The molecule has 0 atom stereocenters. The number of aryl methyl sites for hydroxylation is 1. The van der Waals surface area contributed by atoms with Crippen LogP contribution in [-0.4, -0.2) is 51.4 Å². The molecule has 0 bridgehead atoms. The molecule has 5 heteroatoms. The lowest BCUT2D eigenvalue weighted by atomic mass is 10.1. The van der Waals surface area contributed by atoms with Crippen molar-refractivity contribution in [3.05, 3.63) is 78.1 Å². The van der Waals surface area contributed by atoms with Gasteiger partial charge in [-0.3, -0.25) is 9.69 Å². The quantitative estimate of drug-likeness (QED) is 0.541. The summed E-state index contributed by atoms with van der Waals surface area (Å²) >= 11 is 0. The summed E-state index contributed by atoms with van der Waals surface area (Å²) in [7, 11) is 2.07. The highest BCUT2D eigenvalue weighted by molar-refractivity contribution is 5.98. The van der Waals surface area contributed by atoms with E-state index in [1.807, 2.05) is 47.4 Å². The molecule has 1 aliphatic rings. The maximum Gasteiger partial charge on any atom is 0.253 e. The van der Waals surface area contributed by atoms with Gasteiger partial charge in [0, 0.05) is 38.8 Å². The molecule has 29 heavy (non-hydrogen) atoms. The lowest BCUT2D eigenvalue weighted by Gasteiger charge is -2.34. The Labute approximate surface area is 170 Å². The molecule has 1 aromatic heterocycles. The molecule has 0 N–H and O–H groups in total. The molecule has 146 valence electrons. The Kier molecular flexibility index (Phi) is 4.52. The van der Waals surface area contributed by atoms with Gasteiger partial charge in [0.05, 0.1) is 17.6 Å². The molecule has 1 amide bonds. The van der Waals surface area contributed by atoms with Crippen molar-refractivity contribution in [1.29, 1.82) is 0 Å². The van der Waals surface area contributed by atoms with Gasteiger partial charge in [-0.2, -0.15) is 0 Å². The Bertz CT molecular complexity index is 1190. The molecule has 5 rings (SSSR count). The van der Waals surface area contributed by atoms with Crippen molar-refractivity contribution in [1.82, 2.24) is 19.4 Å². The van der Waals surface area contributed by atoms with Crippen LogP contribution in [0.2, 0.25) is 0 Å². The molecule has 0 spiro atoms. The number of hydrogen-bond donors (Lipinski definition) is 0. The van der Waals surface area contributed by atoms with E-state index in [9.17, 15) is 4.79 Å². The lowest BCUT2D eigenvalue weighted by Crippen LogP contribution is -2.48. The summed E-state index contributed by atoms with van der Waals surface area (Å²) < 4.78 is 2.17. The second-order valence-electron chi connectivity index (χ2n) is 7.71. The van der Waals surface area contributed by atoms with E-state index in [0.717, 1.165) is 65.9 Å². The first-order chi connectivity index (χ1) is 14.2. The average molecular weight is 384 g/mol. The number of fused-ring (bicyclic) bond motifs is 2. The summed E-state index contributed by atoms with van der Waals surface area (Å²) in [5, 5.41) is 2.27. The van der Waals surface area contributed by atoms with Gasteiger partial charge >= 0.3 is 0 Å². The van der Waals surface area contributed by atoms with E-state index in [2.05, 4.69) is 40.8 Å². The zero-order chi connectivity index (χ0) is 19.8. The number of amides is 1. The van der Waals surface area contributed by atoms with Gasteiger partial charge in [-0.15, -0.1) is 0 Å². The molecule has 1 aliphatic heterocycles. The molecule has 0 aliphatic carbocycles. The van der Waals surface area contributed by atoms with Crippen molar-refractivity contribution >= 4 is 27.7 Å². The first kappa shape index (κ1) is 17.9. The third-order valence-electron chi connectivity index (χ3n) is 5.90. The van der Waals surface area contributed by atoms with E-state index < -0.39 is 0 Å². The summed E-state index contributed by atoms with van der Waals surface area (Å²) in [5.74, 6) is 1.19. The Morgan fingerprint density at radius 1 is 0.897 bits per heavy atom. The monoisotopic (exact) mass is 384 g/mol. The molecule has 1 fully saturated rings. The normalized spacial score (nSPS) is 15.3. The standard InChI is InChI=1S/C24H24N4O/c1-26-22-9-5-4-8-21(22)25-23(26)17-27-12-14-28(15-13-27)24(29)20-11-10-18-6-2-3-7-19(18)16-20/h2-11,16H,12-15,17H2,1H3. The Morgan fingerprint density at radius 3 is 2.41 bits per heavy atom. The molecule has 1 saturated heterocycles. The fourth-order valence-electron chi connectivity index (χ4n) is 4.15. The van der Waals surface area contributed by atoms with Crippen LogP contribution < -0.4 is 0 Å². The highest BCUT2D eigenvalue weighted by Gasteiger charge is 2.23. The fourth-order valence-corrected chi connectivity index (χ4v) is 4.15. The van der Waals surface area contributed by atoms with Crippen LogP contribution in [0.4, 0.5) is 0 Å². The molecule has 3 aromatic carbocycles. The Hall–Kier alpha value is -3.18. The smallest absolute Gasteiger partial charge is 0.253 e. The van der Waals surface area contributed by atoms with E-state index >= 15 is 0 Å². The van der Waals surface area contributed by atoms with Crippen molar-refractivity contribution < 1.29 is 4.79 Å². The number of hydrogen-bond acceptors (Lipinski definition) is 3. The van der Waals surface area contributed by atoms with Gasteiger partial charge in [-0.1, -0.05) is 42.5 Å². The number of imidazole rings is 1. The number of aromatic nitrogens is 2. The number of carbonyl (C=O) groups excluding carboxylic acids is 1. The maximum absolute atomic E-state index is 13.0. The van der Waals surface area contributed by atoms with Crippen molar-refractivity contribution in [3.63, 3.8) is 0 Å². The fraction of sp³-hybridized carbons (Fsp3) is 0.250. The first-order valence-corrected chi connectivity index (χ1v) is 10.1. The molecule has 4 aromatic rings. The second-order valence-corrected chi connectivity index (χ2v) is 7.71. The zero-order valence-corrected chi connectivity index (χ0v) is 16.6. The molecular weight excluding hydrogens is 360 g/mol. The Morgan fingerprint density at radius 2 is 1.62 bits per heavy atom. The van der Waals surface area contributed by atoms with Crippen LogP contribution in [0.15, 0.2) is 66.7 Å². The van der Waals surface area contributed by atoms with Crippen molar-refractivity contribution in [2.24, 2.45) is 7.05 Å². The summed E-state index contributed by atoms with van der Waals surface area (Å²) in [5.41, 5.74) is 2.97. The largest absolute Gasteiger partial charge is 0.336 e. The Balaban J connectivity index is 1.25. The van der Waals surface area contributed by atoms with Gasteiger partial charge in [0.1, 0.15) is 5.82 Å². The van der Waals surface area contributed by atoms with E-state index in [4.69, 9.17) is 4.98 Å². The number of carbonyl (C=O) groups is 1. The molecule has 2 heterocycles. The van der Waals surface area contributed by atoms with Crippen molar-refractivity contribution in [2.75, 3.05) is 26.2 Å². The minimum atomic E-state index is 0.123. The minimum absolute atomic E-state index is 0.123. The van der Waals surface area contributed by atoms with Gasteiger partial charge in [-0.05, 0) is 35.0 Å². The number of piperazine rings is 1. The van der Waals surface area contributed by atoms with Crippen LogP contribution in [0.1, 0.15) is 16.2 Å². The van der Waals surface area contributed by atoms with Crippen LogP contribution in [0.25, 0.3) is 21.8 Å². The van der Waals surface area contributed by atoms with E-state index in [0.29, 0.717) is 0 Å². The first-order valence-electron chi connectivity index (χ1n) is 10.1. The predicted octanol–water partition coefficient (Wildman–Crippen LogP) is 3.68. The number of para-hydroxylation sites is 2. The van der Waals surface area contributed by atoms with Crippen LogP contribution in [0, 0.1) is 0 Å². The molecular formula is C24H24N4O. The molecule has 0 radical (unpaired) electrons. The molecule has 0 saturated carbocycles. The van der Waals surface area contributed by atoms with E-state index in [1.165, 1.54) is 0 Å². The van der Waals surface area contributed by atoms with Crippen LogP contribution in [0.5, 0.6) is 0 Å². The van der Waals surface area contributed by atoms with Gasteiger partial charge < -0.3 is 9.47 Å². The minimum Gasteiger partial charge on any atom is -0.336 e. The third-order valence-corrected chi connectivity index (χ3v) is 5.90. The van der Waals surface area contributed by atoms with Crippen molar-refractivity contribution in [2.45, 2.75) is 6.54 Å². The SMILES string of the molecule is Cn1c(CN2CCN(C(=O)c3ccc4ccccc4c3)CC2)nc2ccccc21. The average Bonchev–Trinajstić information content (AvgIpc) is 3.09. The summed E-state index contributed by atoms with van der Waals surface area (Å²) in [6.45, 7) is 4.03. The van der Waals surface area contributed by atoms with E-state index in [1.54, 1.807) is 0 Å². The van der Waals surface area contributed by atoms with Crippen molar-refractivity contribution in [3.8, 4) is 0 Å². The summed E-state index contributed by atoms with van der Waals surface area (Å²) in [6.07, 6.45) is 0. The molecule has 0 unspecified atom stereocenters. The van der Waals surface area contributed by atoms with Gasteiger partial charge in [0.2, 0.25) is 0 Å². The highest BCUT2D eigenvalue weighted by Crippen LogP contribution is 2.19. The number of nitrogens with zero attached hydrogens (tertiary/aromatic N) is 4. The van der Waals surface area contributed by atoms with Gasteiger partial charge in [0.15, 0.2) is 0 Å². The topological polar surface area (TPSA) is 41.4 Å².